The van der Waals surface area contributed by atoms with E-state index in [0.717, 1.165) is 4.90 Å². The van der Waals surface area contributed by atoms with Gasteiger partial charge in [0.2, 0.25) is 0 Å². The van der Waals surface area contributed by atoms with Crippen molar-refractivity contribution in [2.24, 2.45) is 0 Å². The Hall–Kier alpha value is -1.56. The molecule has 0 spiro atoms. The predicted molar refractivity (Wildman–Crippen MR) is 58.0 cm³/mol. The number of carbonyl (C=O) groups excluding carboxylic acids is 1. The molecule has 0 radical (unpaired) electrons. The SMILES string of the molecule is Cc1cc(C(=O)N(CCO)CC(F)F)ccn1. The fourth-order valence-corrected chi connectivity index (χ4v) is 1.42. The summed E-state index contributed by atoms with van der Waals surface area (Å²) in [6.45, 7) is 0.577. The molecular formula is C11H14F2N2O2. The second kappa shape index (κ2) is 6.24. The van der Waals surface area contributed by atoms with Gasteiger partial charge in [0.25, 0.3) is 12.3 Å². The van der Waals surface area contributed by atoms with Crippen LogP contribution in [-0.2, 0) is 0 Å². The number of hydrogen-bond donors (Lipinski definition) is 1. The summed E-state index contributed by atoms with van der Waals surface area (Å²) >= 11 is 0. The molecule has 6 heteroatoms. The van der Waals surface area contributed by atoms with E-state index in [4.69, 9.17) is 5.11 Å². The maximum atomic E-state index is 12.3. The molecule has 1 aromatic heterocycles. The number of amides is 1. The molecule has 0 saturated heterocycles. The Morgan fingerprint density at radius 1 is 1.59 bits per heavy atom. The lowest BCUT2D eigenvalue weighted by atomic mass is 10.2. The highest BCUT2D eigenvalue weighted by molar-refractivity contribution is 5.94. The first-order chi connectivity index (χ1) is 8.04. The Kier molecular flexibility index (Phi) is 4.96. The van der Waals surface area contributed by atoms with Crippen LogP contribution in [0.15, 0.2) is 18.3 Å². The van der Waals surface area contributed by atoms with Gasteiger partial charge in [0.05, 0.1) is 13.2 Å². The maximum absolute atomic E-state index is 12.3. The number of hydrogen-bond acceptors (Lipinski definition) is 3. The van der Waals surface area contributed by atoms with E-state index >= 15 is 0 Å². The van der Waals surface area contributed by atoms with Crippen molar-refractivity contribution in [2.45, 2.75) is 13.3 Å². The third-order valence-electron chi connectivity index (χ3n) is 2.16. The van der Waals surface area contributed by atoms with Crippen LogP contribution in [-0.4, -0.2) is 47.0 Å². The van der Waals surface area contributed by atoms with Gasteiger partial charge in [0.15, 0.2) is 0 Å². The topological polar surface area (TPSA) is 53.4 Å². The Bertz CT molecular complexity index is 385. The van der Waals surface area contributed by atoms with Crippen LogP contribution in [0.3, 0.4) is 0 Å². The van der Waals surface area contributed by atoms with E-state index < -0.39 is 18.9 Å². The lowest BCUT2D eigenvalue weighted by Gasteiger charge is -2.21. The molecule has 1 aromatic rings. The summed E-state index contributed by atoms with van der Waals surface area (Å²) in [5.74, 6) is -0.523. The molecule has 1 N–H and O–H groups in total. The second-order valence-corrected chi connectivity index (χ2v) is 3.55. The molecule has 0 aromatic carbocycles. The number of nitrogens with zero attached hydrogens (tertiary/aromatic N) is 2. The number of alkyl halides is 2. The van der Waals surface area contributed by atoms with Gasteiger partial charge in [-0.15, -0.1) is 0 Å². The van der Waals surface area contributed by atoms with Crippen molar-refractivity contribution in [2.75, 3.05) is 19.7 Å². The van der Waals surface area contributed by atoms with Gasteiger partial charge in [-0.25, -0.2) is 8.78 Å². The number of carbonyl (C=O) groups is 1. The Morgan fingerprint density at radius 2 is 2.29 bits per heavy atom. The van der Waals surface area contributed by atoms with E-state index in [-0.39, 0.29) is 13.2 Å². The second-order valence-electron chi connectivity index (χ2n) is 3.55. The standard InChI is InChI=1S/C11H14F2N2O2/c1-8-6-9(2-3-14-8)11(17)15(4-5-16)7-10(12)13/h2-3,6,10,16H,4-5,7H2,1H3. The summed E-state index contributed by atoms with van der Waals surface area (Å²) in [7, 11) is 0. The van der Waals surface area contributed by atoms with Crippen LogP contribution in [0.5, 0.6) is 0 Å². The average Bonchev–Trinajstić information content (AvgIpc) is 2.27. The molecule has 4 nitrogen and oxygen atoms in total. The molecule has 0 bridgehead atoms. The monoisotopic (exact) mass is 244 g/mol. The van der Waals surface area contributed by atoms with Crippen LogP contribution >= 0.6 is 0 Å². The third kappa shape index (κ3) is 4.07. The van der Waals surface area contributed by atoms with Crippen molar-refractivity contribution < 1.29 is 18.7 Å². The molecular weight excluding hydrogens is 230 g/mol. The van der Waals surface area contributed by atoms with E-state index in [9.17, 15) is 13.6 Å². The van der Waals surface area contributed by atoms with Gasteiger partial charge in [-0.2, -0.15) is 0 Å². The third-order valence-corrected chi connectivity index (χ3v) is 2.16. The zero-order valence-corrected chi connectivity index (χ0v) is 9.44. The van der Waals surface area contributed by atoms with Crippen molar-refractivity contribution in [3.05, 3.63) is 29.6 Å². The highest BCUT2D eigenvalue weighted by atomic mass is 19.3. The molecule has 1 heterocycles. The normalized spacial score (nSPS) is 10.6. The summed E-state index contributed by atoms with van der Waals surface area (Å²) in [6.07, 6.45) is -1.17. The zero-order valence-electron chi connectivity index (χ0n) is 9.44. The molecule has 17 heavy (non-hydrogen) atoms. The van der Waals surface area contributed by atoms with Gasteiger partial charge < -0.3 is 10.0 Å². The van der Waals surface area contributed by atoms with Crippen molar-refractivity contribution in [3.8, 4) is 0 Å². The minimum atomic E-state index is -2.62. The van der Waals surface area contributed by atoms with E-state index in [1.54, 1.807) is 6.92 Å². The van der Waals surface area contributed by atoms with Crippen LogP contribution in [0.2, 0.25) is 0 Å². The van der Waals surface area contributed by atoms with E-state index in [1.165, 1.54) is 18.3 Å². The Labute approximate surface area is 97.9 Å². The largest absolute Gasteiger partial charge is 0.395 e. The number of halogens is 2. The molecule has 94 valence electrons. The summed E-state index contributed by atoms with van der Waals surface area (Å²) in [5.41, 5.74) is 0.934. The van der Waals surface area contributed by atoms with E-state index in [1.807, 2.05) is 0 Å². The van der Waals surface area contributed by atoms with Gasteiger partial charge in [-0.05, 0) is 19.1 Å². The molecule has 0 aliphatic rings. The molecule has 0 unspecified atom stereocenters. The lowest BCUT2D eigenvalue weighted by Crippen LogP contribution is -2.37. The fourth-order valence-electron chi connectivity index (χ4n) is 1.42. The molecule has 1 amide bonds. The van der Waals surface area contributed by atoms with Crippen molar-refractivity contribution in [1.29, 1.82) is 0 Å². The van der Waals surface area contributed by atoms with Crippen molar-refractivity contribution in [1.82, 2.24) is 9.88 Å². The van der Waals surface area contributed by atoms with Crippen molar-refractivity contribution in [3.63, 3.8) is 0 Å². The quantitative estimate of drug-likeness (QED) is 0.843. The maximum Gasteiger partial charge on any atom is 0.255 e. The fraction of sp³-hybridized carbons (Fsp3) is 0.455. The number of aliphatic hydroxyl groups is 1. The summed E-state index contributed by atoms with van der Waals surface area (Å²) in [4.78, 5) is 16.7. The highest BCUT2D eigenvalue weighted by Crippen LogP contribution is 2.08. The predicted octanol–water partition coefficient (Wildman–Crippen LogP) is 1.09. The van der Waals surface area contributed by atoms with E-state index in [2.05, 4.69) is 4.98 Å². The summed E-state index contributed by atoms with van der Waals surface area (Å²) in [5, 5.41) is 8.75. The van der Waals surface area contributed by atoms with Gasteiger partial charge in [-0.3, -0.25) is 9.78 Å². The zero-order chi connectivity index (χ0) is 12.8. The lowest BCUT2D eigenvalue weighted by molar-refractivity contribution is 0.0509. The molecule has 0 atom stereocenters. The van der Waals surface area contributed by atoms with Gasteiger partial charge in [0.1, 0.15) is 0 Å². The first-order valence-electron chi connectivity index (χ1n) is 5.15. The Balaban J connectivity index is 2.83. The van der Waals surface area contributed by atoms with E-state index in [0.29, 0.717) is 11.3 Å². The first-order valence-corrected chi connectivity index (χ1v) is 5.15. The summed E-state index contributed by atoms with van der Waals surface area (Å²) in [6, 6.07) is 2.99. The molecule has 0 fully saturated rings. The van der Waals surface area contributed by atoms with Crippen LogP contribution in [0.1, 0.15) is 16.1 Å². The Morgan fingerprint density at radius 3 is 2.82 bits per heavy atom. The van der Waals surface area contributed by atoms with Crippen LogP contribution in [0.25, 0.3) is 0 Å². The van der Waals surface area contributed by atoms with Crippen LogP contribution in [0.4, 0.5) is 8.78 Å². The number of pyridine rings is 1. The molecule has 1 rings (SSSR count). The molecule has 0 aliphatic carbocycles. The smallest absolute Gasteiger partial charge is 0.255 e. The average molecular weight is 244 g/mol. The number of rotatable bonds is 5. The van der Waals surface area contributed by atoms with Crippen LogP contribution in [0, 0.1) is 6.92 Å². The summed E-state index contributed by atoms with van der Waals surface area (Å²) < 4.78 is 24.6. The first kappa shape index (κ1) is 13.5. The number of aryl methyl sites for hydroxylation is 1. The minimum Gasteiger partial charge on any atom is -0.395 e. The van der Waals surface area contributed by atoms with Gasteiger partial charge >= 0.3 is 0 Å². The van der Waals surface area contributed by atoms with Gasteiger partial charge in [-0.1, -0.05) is 0 Å². The number of aliphatic hydroxyl groups excluding tert-OH is 1. The number of aromatic nitrogens is 1. The minimum absolute atomic E-state index is 0.107. The van der Waals surface area contributed by atoms with Crippen LogP contribution < -0.4 is 0 Å². The molecule has 0 saturated carbocycles. The molecule has 0 aliphatic heterocycles. The highest BCUT2D eigenvalue weighted by Gasteiger charge is 2.19. The van der Waals surface area contributed by atoms with Gasteiger partial charge in [0, 0.05) is 24.0 Å². The van der Waals surface area contributed by atoms with Crippen molar-refractivity contribution >= 4 is 5.91 Å².